The zero-order valence-electron chi connectivity index (χ0n) is 25.5. The fourth-order valence-electron chi connectivity index (χ4n) is 5.64. The van der Waals surface area contributed by atoms with Gasteiger partial charge in [0.2, 0.25) is 0 Å². The zero-order valence-corrected chi connectivity index (χ0v) is 26.5. The second-order valence-corrected chi connectivity index (χ2v) is 16.8. The highest BCUT2D eigenvalue weighted by molar-refractivity contribution is 6.78. The SMILES string of the molecule is C#Cc1ccc(O[Si](C(C)C)(C(C)C)C(C)C)c(COc2ccc(COC(=O)Oc3ccc4ccc(=O)oc4c3)cc2)c1. The first-order valence-electron chi connectivity index (χ1n) is 14.4. The molecule has 0 radical (unpaired) electrons. The van der Waals surface area contributed by atoms with Crippen molar-refractivity contribution in [3.8, 4) is 29.6 Å². The summed E-state index contributed by atoms with van der Waals surface area (Å²) in [6, 6.07) is 20.8. The van der Waals surface area contributed by atoms with E-state index in [1.54, 1.807) is 18.2 Å². The van der Waals surface area contributed by atoms with Crippen LogP contribution in [-0.2, 0) is 18.0 Å². The first-order chi connectivity index (χ1) is 20.5. The lowest BCUT2D eigenvalue weighted by atomic mass is 10.1. The second kappa shape index (κ2) is 13.7. The van der Waals surface area contributed by atoms with Gasteiger partial charge in [-0.1, -0.05) is 59.6 Å². The van der Waals surface area contributed by atoms with E-state index in [0.717, 1.165) is 22.4 Å². The third-order valence-electron chi connectivity index (χ3n) is 7.69. The second-order valence-electron chi connectivity index (χ2n) is 11.4. The van der Waals surface area contributed by atoms with Gasteiger partial charge in [0.05, 0.1) is 0 Å². The van der Waals surface area contributed by atoms with E-state index in [9.17, 15) is 9.59 Å². The summed E-state index contributed by atoms with van der Waals surface area (Å²) in [5.41, 5.74) is 3.54. The van der Waals surface area contributed by atoms with Crippen molar-refractivity contribution in [2.75, 3.05) is 0 Å². The molecule has 0 saturated carbocycles. The van der Waals surface area contributed by atoms with Gasteiger partial charge in [0.15, 0.2) is 0 Å². The van der Waals surface area contributed by atoms with Crippen LogP contribution >= 0.6 is 0 Å². The van der Waals surface area contributed by atoms with Gasteiger partial charge in [-0.3, -0.25) is 0 Å². The molecule has 0 aliphatic rings. The molecule has 0 bridgehead atoms. The highest BCUT2D eigenvalue weighted by Crippen LogP contribution is 2.43. The number of hydrogen-bond donors (Lipinski definition) is 0. The molecule has 8 heteroatoms. The van der Waals surface area contributed by atoms with E-state index in [-0.39, 0.29) is 19.0 Å². The van der Waals surface area contributed by atoms with Crippen molar-refractivity contribution in [2.24, 2.45) is 0 Å². The van der Waals surface area contributed by atoms with Crippen LogP contribution in [0.4, 0.5) is 4.79 Å². The molecule has 1 aromatic heterocycles. The topological polar surface area (TPSA) is 84.2 Å². The van der Waals surface area contributed by atoms with Gasteiger partial charge in [0.1, 0.15) is 36.0 Å². The van der Waals surface area contributed by atoms with Crippen LogP contribution in [0.3, 0.4) is 0 Å². The van der Waals surface area contributed by atoms with Gasteiger partial charge in [0, 0.05) is 28.6 Å². The highest BCUT2D eigenvalue weighted by Gasteiger charge is 2.47. The monoisotopic (exact) mass is 598 g/mol. The fourth-order valence-corrected chi connectivity index (χ4v) is 10.9. The molecule has 0 N–H and O–H groups in total. The first-order valence-corrected chi connectivity index (χ1v) is 16.5. The van der Waals surface area contributed by atoms with Crippen molar-refractivity contribution < 1.29 is 27.8 Å². The van der Waals surface area contributed by atoms with Crippen LogP contribution in [0, 0.1) is 12.3 Å². The first kappa shape index (κ1) is 31.5. The van der Waals surface area contributed by atoms with Gasteiger partial charge >= 0.3 is 11.8 Å². The molecule has 0 atom stereocenters. The van der Waals surface area contributed by atoms with Crippen LogP contribution < -0.4 is 19.5 Å². The van der Waals surface area contributed by atoms with E-state index in [0.29, 0.717) is 33.3 Å². The zero-order chi connectivity index (χ0) is 31.1. The van der Waals surface area contributed by atoms with Gasteiger partial charge in [-0.2, -0.15) is 0 Å². The number of terminal acetylenes is 1. The van der Waals surface area contributed by atoms with Crippen molar-refractivity contribution in [1.82, 2.24) is 0 Å². The largest absolute Gasteiger partial charge is 0.542 e. The predicted molar refractivity (Wildman–Crippen MR) is 170 cm³/mol. The smallest absolute Gasteiger partial charge is 0.514 e. The Hall–Kier alpha value is -4.48. The third kappa shape index (κ3) is 7.48. The van der Waals surface area contributed by atoms with Crippen LogP contribution in [0.2, 0.25) is 16.6 Å². The minimum Gasteiger partial charge on any atom is -0.542 e. The normalized spacial score (nSPS) is 11.5. The lowest BCUT2D eigenvalue weighted by Crippen LogP contribution is -2.50. The Balaban J connectivity index is 1.38. The molecule has 0 saturated heterocycles. The summed E-state index contributed by atoms with van der Waals surface area (Å²) >= 11 is 0. The molecule has 43 heavy (non-hydrogen) atoms. The Morgan fingerprint density at radius 3 is 2.14 bits per heavy atom. The molecule has 224 valence electrons. The van der Waals surface area contributed by atoms with Crippen LogP contribution in [0.5, 0.6) is 17.2 Å². The van der Waals surface area contributed by atoms with Crippen LogP contribution in [0.25, 0.3) is 11.0 Å². The number of benzene rings is 3. The molecule has 3 aromatic carbocycles. The lowest BCUT2D eigenvalue weighted by molar-refractivity contribution is 0.0928. The summed E-state index contributed by atoms with van der Waals surface area (Å²) < 4.78 is 28.7. The van der Waals surface area contributed by atoms with E-state index >= 15 is 0 Å². The maximum atomic E-state index is 12.2. The molecule has 0 amide bonds. The molecular weight excluding hydrogens is 560 g/mol. The number of ether oxygens (including phenoxy) is 3. The third-order valence-corrected chi connectivity index (χ3v) is 13.7. The van der Waals surface area contributed by atoms with Crippen LogP contribution in [-0.4, -0.2) is 14.5 Å². The summed E-state index contributed by atoms with van der Waals surface area (Å²) in [5.74, 6) is 4.39. The summed E-state index contributed by atoms with van der Waals surface area (Å²) in [4.78, 5) is 23.7. The summed E-state index contributed by atoms with van der Waals surface area (Å²) in [5, 5.41) is 0.715. The van der Waals surface area contributed by atoms with E-state index in [1.807, 2.05) is 42.5 Å². The average Bonchev–Trinajstić information content (AvgIpc) is 2.97. The number of fused-ring (bicyclic) bond motifs is 1. The maximum absolute atomic E-state index is 12.2. The van der Waals surface area contributed by atoms with E-state index in [1.165, 1.54) is 12.1 Å². The molecule has 0 spiro atoms. The lowest BCUT2D eigenvalue weighted by Gasteiger charge is -2.42. The van der Waals surface area contributed by atoms with Gasteiger partial charge in [-0.05, 0) is 70.7 Å². The standard InChI is InChI=1S/C35H38O7Si/c1-8-26-11-17-32(42-43(23(2)3,24(4)5)25(6)7)29(19-26)22-38-30-14-9-27(10-15-30)21-39-35(37)40-31-16-12-28-13-18-34(36)41-33(28)20-31/h1,9-20,23-25H,21-22H2,2-7H3. The molecule has 1 heterocycles. The summed E-state index contributed by atoms with van der Waals surface area (Å²) in [6.07, 6.45) is 4.83. The van der Waals surface area contributed by atoms with Gasteiger partial charge in [-0.25, -0.2) is 9.59 Å². The Morgan fingerprint density at radius 1 is 0.837 bits per heavy atom. The Kier molecular flexibility index (Phi) is 9.99. The number of carbonyl (C=O) groups is 1. The molecule has 0 aliphatic carbocycles. The van der Waals surface area contributed by atoms with Crippen LogP contribution in [0.15, 0.2) is 82.0 Å². The summed E-state index contributed by atoms with van der Waals surface area (Å²) in [7, 11) is -2.18. The Labute approximate surface area is 253 Å². The van der Waals surface area contributed by atoms with Gasteiger partial charge in [0.25, 0.3) is 8.32 Å². The van der Waals surface area contributed by atoms with Gasteiger partial charge < -0.3 is 23.1 Å². The molecule has 0 unspecified atom stereocenters. The van der Waals surface area contributed by atoms with Crippen molar-refractivity contribution >= 4 is 25.4 Å². The molecule has 7 nitrogen and oxygen atoms in total. The average molecular weight is 599 g/mol. The summed E-state index contributed by atoms with van der Waals surface area (Å²) in [6.45, 7) is 13.8. The number of rotatable bonds is 11. The maximum Gasteiger partial charge on any atom is 0.514 e. The molecule has 4 rings (SSSR count). The molecule has 4 aromatic rings. The number of hydrogen-bond acceptors (Lipinski definition) is 7. The predicted octanol–water partition coefficient (Wildman–Crippen LogP) is 8.62. The molecular formula is C35H38O7Si. The molecule has 0 aliphatic heterocycles. The van der Waals surface area contributed by atoms with E-state index in [4.69, 9.17) is 29.5 Å². The number of carbonyl (C=O) groups excluding carboxylic acids is 1. The van der Waals surface area contributed by atoms with Crippen molar-refractivity contribution in [3.63, 3.8) is 0 Å². The van der Waals surface area contributed by atoms with Crippen molar-refractivity contribution in [2.45, 2.75) is 71.4 Å². The van der Waals surface area contributed by atoms with Crippen molar-refractivity contribution in [1.29, 1.82) is 0 Å². The minimum absolute atomic E-state index is 0.0102. The van der Waals surface area contributed by atoms with Gasteiger partial charge in [-0.15, -0.1) is 6.42 Å². The van der Waals surface area contributed by atoms with Crippen LogP contribution in [0.1, 0.15) is 58.2 Å². The van der Waals surface area contributed by atoms with E-state index in [2.05, 4.69) is 47.5 Å². The quantitative estimate of drug-likeness (QED) is 0.0562. The molecule has 0 fully saturated rings. The highest BCUT2D eigenvalue weighted by atomic mass is 28.4. The Morgan fingerprint density at radius 2 is 1.49 bits per heavy atom. The van der Waals surface area contributed by atoms with E-state index < -0.39 is 20.1 Å². The van der Waals surface area contributed by atoms with Crippen molar-refractivity contribution in [3.05, 3.63) is 99.9 Å². The fraction of sp³-hybridized carbons (Fsp3) is 0.314. The Bertz CT molecular complexity index is 1640. The minimum atomic E-state index is -2.18.